The summed E-state index contributed by atoms with van der Waals surface area (Å²) in [6.07, 6.45) is 0.00288. The SMILES string of the molecule is CCOC(=O)CC#Cc1nc(C)ccc1O. The highest BCUT2D eigenvalue weighted by Gasteiger charge is 2.00. The topological polar surface area (TPSA) is 59.4 Å². The van der Waals surface area contributed by atoms with E-state index in [0.717, 1.165) is 5.69 Å². The molecular weight excluding hydrogens is 206 g/mol. The molecule has 0 atom stereocenters. The zero-order chi connectivity index (χ0) is 12.0. The number of ether oxygens (including phenoxy) is 1. The number of aromatic hydroxyl groups is 1. The van der Waals surface area contributed by atoms with Crippen LogP contribution in [0, 0.1) is 18.8 Å². The fraction of sp³-hybridized carbons (Fsp3) is 0.333. The van der Waals surface area contributed by atoms with E-state index in [4.69, 9.17) is 4.74 Å². The summed E-state index contributed by atoms with van der Waals surface area (Å²) < 4.78 is 4.71. The van der Waals surface area contributed by atoms with E-state index in [9.17, 15) is 9.90 Å². The van der Waals surface area contributed by atoms with Crippen LogP contribution >= 0.6 is 0 Å². The van der Waals surface area contributed by atoms with E-state index in [1.54, 1.807) is 19.9 Å². The maximum Gasteiger partial charge on any atom is 0.317 e. The molecule has 84 valence electrons. The molecule has 0 radical (unpaired) electrons. The number of aryl methyl sites for hydroxylation is 1. The first-order valence-corrected chi connectivity index (χ1v) is 4.94. The summed E-state index contributed by atoms with van der Waals surface area (Å²) in [5.41, 5.74) is 1.04. The van der Waals surface area contributed by atoms with E-state index < -0.39 is 0 Å². The van der Waals surface area contributed by atoms with Crippen LogP contribution in [-0.2, 0) is 9.53 Å². The van der Waals surface area contributed by atoms with Gasteiger partial charge in [-0.3, -0.25) is 4.79 Å². The van der Waals surface area contributed by atoms with Crippen LogP contribution in [0.15, 0.2) is 12.1 Å². The smallest absolute Gasteiger partial charge is 0.317 e. The molecule has 0 aliphatic rings. The van der Waals surface area contributed by atoms with Crippen molar-refractivity contribution in [1.29, 1.82) is 0 Å². The first-order chi connectivity index (χ1) is 7.63. The molecule has 0 saturated heterocycles. The molecule has 4 nitrogen and oxygen atoms in total. The lowest BCUT2D eigenvalue weighted by molar-refractivity contribution is -0.141. The maximum atomic E-state index is 11.0. The van der Waals surface area contributed by atoms with Crippen LogP contribution < -0.4 is 0 Å². The number of rotatable bonds is 2. The molecule has 0 aliphatic carbocycles. The molecule has 1 aromatic heterocycles. The quantitative estimate of drug-likeness (QED) is 0.603. The Morgan fingerprint density at radius 3 is 3.00 bits per heavy atom. The van der Waals surface area contributed by atoms with Crippen molar-refractivity contribution in [1.82, 2.24) is 4.98 Å². The van der Waals surface area contributed by atoms with Gasteiger partial charge in [0, 0.05) is 5.69 Å². The van der Waals surface area contributed by atoms with Crippen molar-refractivity contribution in [3.8, 4) is 17.6 Å². The second kappa shape index (κ2) is 5.76. The van der Waals surface area contributed by atoms with Crippen LogP contribution in [0.2, 0.25) is 0 Å². The Labute approximate surface area is 94.3 Å². The highest BCUT2D eigenvalue weighted by atomic mass is 16.5. The predicted molar refractivity (Wildman–Crippen MR) is 58.8 cm³/mol. The monoisotopic (exact) mass is 219 g/mol. The van der Waals surface area contributed by atoms with Crippen LogP contribution in [0.1, 0.15) is 24.7 Å². The van der Waals surface area contributed by atoms with Gasteiger partial charge < -0.3 is 9.84 Å². The van der Waals surface area contributed by atoms with Crippen molar-refractivity contribution in [2.24, 2.45) is 0 Å². The summed E-state index contributed by atoms with van der Waals surface area (Å²) in [7, 11) is 0. The number of esters is 1. The zero-order valence-electron chi connectivity index (χ0n) is 9.28. The highest BCUT2D eigenvalue weighted by Crippen LogP contribution is 2.12. The van der Waals surface area contributed by atoms with E-state index in [-0.39, 0.29) is 23.8 Å². The normalized spacial score (nSPS) is 9.12. The molecule has 0 bridgehead atoms. The number of hydrogen-bond acceptors (Lipinski definition) is 4. The Kier molecular flexibility index (Phi) is 4.34. The van der Waals surface area contributed by atoms with Crippen molar-refractivity contribution in [2.45, 2.75) is 20.3 Å². The molecule has 0 fully saturated rings. The van der Waals surface area contributed by atoms with Gasteiger partial charge in [-0.25, -0.2) is 4.98 Å². The molecule has 1 rings (SSSR count). The number of pyridine rings is 1. The number of carbonyl (C=O) groups is 1. The van der Waals surface area contributed by atoms with Gasteiger partial charge >= 0.3 is 5.97 Å². The summed E-state index contributed by atoms with van der Waals surface area (Å²) in [4.78, 5) is 15.0. The first kappa shape index (κ1) is 12.1. The minimum Gasteiger partial charge on any atom is -0.505 e. The standard InChI is InChI=1S/C12H13NO3/c1-3-16-12(15)6-4-5-10-11(14)8-7-9(2)13-10/h7-8,14H,3,6H2,1-2H3. The fourth-order valence-corrected chi connectivity index (χ4v) is 1.05. The summed E-state index contributed by atoms with van der Waals surface area (Å²) in [5.74, 6) is 4.88. The molecule has 0 aromatic carbocycles. The molecule has 0 spiro atoms. The molecule has 1 N–H and O–H groups in total. The third kappa shape index (κ3) is 3.62. The van der Waals surface area contributed by atoms with Gasteiger partial charge in [0.1, 0.15) is 12.2 Å². The molecule has 0 unspecified atom stereocenters. The second-order valence-corrected chi connectivity index (χ2v) is 3.10. The van der Waals surface area contributed by atoms with Crippen LogP contribution in [0.4, 0.5) is 0 Å². The van der Waals surface area contributed by atoms with Crippen molar-refractivity contribution >= 4 is 5.97 Å². The molecule has 1 aromatic rings. The van der Waals surface area contributed by atoms with Crippen molar-refractivity contribution < 1.29 is 14.6 Å². The third-order valence-corrected chi connectivity index (χ3v) is 1.76. The van der Waals surface area contributed by atoms with Gasteiger partial charge in [-0.2, -0.15) is 0 Å². The zero-order valence-corrected chi connectivity index (χ0v) is 9.28. The molecule has 0 aliphatic heterocycles. The summed E-state index contributed by atoms with van der Waals surface area (Å²) >= 11 is 0. The van der Waals surface area contributed by atoms with Crippen molar-refractivity contribution in [3.05, 3.63) is 23.5 Å². The van der Waals surface area contributed by atoms with Gasteiger partial charge in [0.15, 0.2) is 5.69 Å². The van der Waals surface area contributed by atoms with E-state index >= 15 is 0 Å². The lowest BCUT2D eigenvalue weighted by Crippen LogP contribution is -2.01. The summed E-state index contributed by atoms with van der Waals surface area (Å²) in [5, 5.41) is 9.42. The third-order valence-electron chi connectivity index (χ3n) is 1.76. The van der Waals surface area contributed by atoms with Crippen LogP contribution in [0.25, 0.3) is 0 Å². The second-order valence-electron chi connectivity index (χ2n) is 3.10. The lowest BCUT2D eigenvalue weighted by atomic mass is 10.3. The predicted octanol–water partition coefficient (Wildman–Crippen LogP) is 1.40. The molecule has 0 amide bonds. The van der Waals surface area contributed by atoms with Gasteiger partial charge in [0.25, 0.3) is 0 Å². The Balaban J connectivity index is 2.69. The number of carbonyl (C=O) groups excluding carboxylic acids is 1. The Morgan fingerprint density at radius 1 is 1.56 bits per heavy atom. The van der Waals surface area contributed by atoms with E-state index in [0.29, 0.717) is 6.61 Å². The van der Waals surface area contributed by atoms with E-state index in [1.165, 1.54) is 6.07 Å². The molecule has 0 saturated carbocycles. The maximum absolute atomic E-state index is 11.0. The lowest BCUT2D eigenvalue weighted by Gasteiger charge is -1.97. The average Bonchev–Trinajstić information content (AvgIpc) is 2.23. The van der Waals surface area contributed by atoms with Crippen molar-refractivity contribution in [3.63, 3.8) is 0 Å². The highest BCUT2D eigenvalue weighted by molar-refractivity contribution is 5.72. The van der Waals surface area contributed by atoms with Crippen molar-refractivity contribution in [2.75, 3.05) is 6.61 Å². The minimum absolute atomic E-state index is 0.00288. The van der Waals surface area contributed by atoms with Gasteiger partial charge in [-0.05, 0) is 31.9 Å². The first-order valence-electron chi connectivity index (χ1n) is 4.94. The molecule has 1 heterocycles. The largest absolute Gasteiger partial charge is 0.505 e. The molecular formula is C12H13NO3. The van der Waals surface area contributed by atoms with E-state index in [1.807, 2.05) is 0 Å². The van der Waals surface area contributed by atoms with Gasteiger partial charge in [-0.1, -0.05) is 5.92 Å². The fourth-order valence-electron chi connectivity index (χ4n) is 1.05. The Morgan fingerprint density at radius 2 is 2.31 bits per heavy atom. The molecule has 4 heteroatoms. The van der Waals surface area contributed by atoms with Crippen LogP contribution in [-0.4, -0.2) is 22.7 Å². The number of nitrogens with zero attached hydrogens (tertiary/aromatic N) is 1. The van der Waals surface area contributed by atoms with Gasteiger partial charge in [0.2, 0.25) is 0 Å². The summed E-state index contributed by atoms with van der Waals surface area (Å²) in [6.45, 7) is 3.88. The summed E-state index contributed by atoms with van der Waals surface area (Å²) in [6, 6.07) is 3.21. The number of aromatic nitrogens is 1. The minimum atomic E-state index is -0.373. The molecule has 16 heavy (non-hydrogen) atoms. The van der Waals surface area contributed by atoms with E-state index in [2.05, 4.69) is 16.8 Å². The average molecular weight is 219 g/mol. The van der Waals surface area contributed by atoms with Crippen LogP contribution in [0.3, 0.4) is 0 Å². The number of hydrogen-bond donors (Lipinski definition) is 1. The Bertz CT molecular complexity index is 443. The van der Waals surface area contributed by atoms with Gasteiger partial charge in [-0.15, -0.1) is 0 Å². The van der Waals surface area contributed by atoms with Gasteiger partial charge in [0.05, 0.1) is 6.61 Å². The Hall–Kier alpha value is -2.02. The van der Waals surface area contributed by atoms with Crippen LogP contribution in [0.5, 0.6) is 5.75 Å².